The fourth-order valence-electron chi connectivity index (χ4n) is 3.02. The number of carbonyl (C=O) groups excluding carboxylic acids is 1. The van der Waals surface area contributed by atoms with Crippen molar-refractivity contribution in [2.24, 2.45) is 0 Å². The molecule has 0 aromatic heterocycles. The highest BCUT2D eigenvalue weighted by molar-refractivity contribution is 9.11. The van der Waals surface area contributed by atoms with Crippen molar-refractivity contribution in [1.82, 2.24) is 4.90 Å². The van der Waals surface area contributed by atoms with Crippen LogP contribution in [-0.4, -0.2) is 48.5 Å². The van der Waals surface area contributed by atoms with Gasteiger partial charge in [0.05, 0.1) is 17.2 Å². The van der Waals surface area contributed by atoms with Crippen molar-refractivity contribution in [3.63, 3.8) is 0 Å². The van der Waals surface area contributed by atoms with E-state index in [1.54, 1.807) is 18.2 Å². The smallest absolute Gasteiger partial charge is 0.292 e. The largest absolute Gasteiger partial charge is 0.363 e. The minimum atomic E-state index is -0.356. The third-order valence-electron chi connectivity index (χ3n) is 4.36. The highest BCUT2D eigenvalue weighted by Gasteiger charge is 2.24. The van der Waals surface area contributed by atoms with Gasteiger partial charge in [0.25, 0.3) is 5.69 Å². The quantitative estimate of drug-likeness (QED) is 0.501. The third kappa shape index (κ3) is 5.06. The summed E-state index contributed by atoms with van der Waals surface area (Å²) in [5.41, 5.74) is 1.47. The Labute approximate surface area is 173 Å². The lowest BCUT2D eigenvalue weighted by molar-refractivity contribution is -0.384. The maximum atomic E-state index is 12.3. The zero-order valence-corrected chi connectivity index (χ0v) is 17.6. The van der Waals surface area contributed by atoms with Crippen molar-refractivity contribution in [1.29, 1.82) is 0 Å². The van der Waals surface area contributed by atoms with Crippen molar-refractivity contribution in [2.45, 2.75) is 0 Å². The maximum Gasteiger partial charge on any atom is 0.292 e. The lowest BCUT2D eigenvalue weighted by Crippen LogP contribution is -2.48. The predicted molar refractivity (Wildman–Crippen MR) is 112 cm³/mol. The summed E-state index contributed by atoms with van der Waals surface area (Å²) in [6.45, 7) is 2.90. The van der Waals surface area contributed by atoms with Gasteiger partial charge in [-0.05, 0) is 40.2 Å². The van der Waals surface area contributed by atoms with E-state index in [0.29, 0.717) is 31.9 Å². The van der Waals surface area contributed by atoms with Gasteiger partial charge >= 0.3 is 0 Å². The standard InChI is InChI=1S/C18H18Br2N4O3/c19-13-5-6-15(14(20)11-13)21-18(25)12-22-7-9-23(10-8-22)16-3-1-2-4-17(16)24(26)27/h1-6,11H,7-10,12H2,(H,21,25). The Balaban J connectivity index is 1.55. The summed E-state index contributed by atoms with van der Waals surface area (Å²) < 4.78 is 1.74. The van der Waals surface area contributed by atoms with Gasteiger partial charge in [0.15, 0.2) is 0 Å². The number of halogens is 2. The Morgan fingerprint density at radius 2 is 1.81 bits per heavy atom. The molecule has 1 amide bonds. The lowest BCUT2D eigenvalue weighted by Gasteiger charge is -2.35. The number of nitrogens with zero attached hydrogens (tertiary/aromatic N) is 3. The van der Waals surface area contributed by atoms with E-state index in [-0.39, 0.29) is 23.1 Å². The van der Waals surface area contributed by atoms with E-state index in [4.69, 9.17) is 0 Å². The van der Waals surface area contributed by atoms with Crippen LogP contribution in [0.3, 0.4) is 0 Å². The molecule has 0 saturated carbocycles. The molecule has 9 heteroatoms. The molecule has 0 spiro atoms. The SMILES string of the molecule is O=C(CN1CCN(c2ccccc2[N+](=O)[O-])CC1)Nc1ccc(Br)cc1Br. The molecule has 1 aliphatic rings. The molecule has 1 aliphatic heterocycles. The van der Waals surface area contributed by atoms with Gasteiger partial charge in [-0.15, -0.1) is 0 Å². The summed E-state index contributed by atoms with van der Waals surface area (Å²) in [7, 11) is 0. The number of nitro benzene ring substituents is 1. The second kappa shape index (κ2) is 8.81. The minimum absolute atomic E-state index is 0.0860. The zero-order valence-electron chi connectivity index (χ0n) is 14.4. The van der Waals surface area contributed by atoms with Crippen LogP contribution in [0.4, 0.5) is 17.1 Å². The number of piperazine rings is 1. The van der Waals surface area contributed by atoms with Gasteiger partial charge in [-0.1, -0.05) is 28.1 Å². The van der Waals surface area contributed by atoms with Gasteiger partial charge < -0.3 is 10.2 Å². The number of rotatable bonds is 5. The van der Waals surface area contributed by atoms with Gasteiger partial charge in [0, 0.05) is 41.2 Å². The Morgan fingerprint density at radius 3 is 2.48 bits per heavy atom. The maximum absolute atomic E-state index is 12.3. The molecule has 0 unspecified atom stereocenters. The number of para-hydroxylation sites is 2. The monoisotopic (exact) mass is 496 g/mol. The molecule has 0 bridgehead atoms. The number of amides is 1. The van der Waals surface area contributed by atoms with E-state index >= 15 is 0 Å². The molecular weight excluding hydrogens is 480 g/mol. The van der Waals surface area contributed by atoms with E-state index in [1.807, 2.05) is 28.0 Å². The summed E-state index contributed by atoms with van der Waals surface area (Å²) in [6, 6.07) is 12.3. The number of hydrogen-bond acceptors (Lipinski definition) is 5. The van der Waals surface area contributed by atoms with E-state index < -0.39 is 0 Å². The van der Waals surface area contributed by atoms with Crippen molar-refractivity contribution in [2.75, 3.05) is 42.9 Å². The van der Waals surface area contributed by atoms with E-state index in [1.165, 1.54) is 6.07 Å². The minimum Gasteiger partial charge on any atom is -0.363 e. The molecule has 142 valence electrons. The zero-order chi connectivity index (χ0) is 19.4. The molecular formula is C18H18Br2N4O3. The summed E-state index contributed by atoms with van der Waals surface area (Å²) in [6.07, 6.45) is 0. The van der Waals surface area contributed by atoms with Crippen LogP contribution in [0.1, 0.15) is 0 Å². The van der Waals surface area contributed by atoms with Gasteiger partial charge in [-0.25, -0.2) is 0 Å². The van der Waals surface area contributed by atoms with Crippen LogP contribution < -0.4 is 10.2 Å². The summed E-state index contributed by atoms with van der Waals surface area (Å²) in [5, 5.41) is 14.1. The molecule has 7 nitrogen and oxygen atoms in total. The van der Waals surface area contributed by atoms with Gasteiger partial charge in [0.2, 0.25) is 5.91 Å². The number of benzene rings is 2. The molecule has 0 radical (unpaired) electrons. The Morgan fingerprint density at radius 1 is 1.11 bits per heavy atom. The van der Waals surface area contributed by atoms with Crippen LogP contribution in [0.15, 0.2) is 51.4 Å². The topological polar surface area (TPSA) is 78.7 Å². The van der Waals surface area contributed by atoms with E-state index in [9.17, 15) is 14.9 Å². The van der Waals surface area contributed by atoms with Crippen LogP contribution >= 0.6 is 31.9 Å². The average molecular weight is 498 g/mol. The number of hydrogen-bond donors (Lipinski definition) is 1. The third-order valence-corrected chi connectivity index (χ3v) is 5.51. The predicted octanol–water partition coefficient (Wildman–Crippen LogP) is 3.88. The number of nitro groups is 1. The van der Waals surface area contributed by atoms with Crippen molar-refractivity contribution < 1.29 is 9.72 Å². The fraction of sp³-hybridized carbons (Fsp3) is 0.278. The molecule has 1 saturated heterocycles. The first-order chi connectivity index (χ1) is 12.9. The molecule has 27 heavy (non-hydrogen) atoms. The summed E-state index contributed by atoms with van der Waals surface area (Å²) in [4.78, 5) is 27.2. The highest BCUT2D eigenvalue weighted by Crippen LogP contribution is 2.28. The number of anilines is 2. The first-order valence-electron chi connectivity index (χ1n) is 8.39. The first kappa shape index (κ1) is 19.8. The van der Waals surface area contributed by atoms with E-state index in [0.717, 1.165) is 14.6 Å². The van der Waals surface area contributed by atoms with Crippen LogP contribution in [-0.2, 0) is 4.79 Å². The van der Waals surface area contributed by atoms with Crippen LogP contribution in [0.25, 0.3) is 0 Å². The average Bonchev–Trinajstić information content (AvgIpc) is 2.64. The van der Waals surface area contributed by atoms with Crippen LogP contribution in [0.2, 0.25) is 0 Å². The molecule has 3 rings (SSSR count). The van der Waals surface area contributed by atoms with E-state index in [2.05, 4.69) is 37.2 Å². The highest BCUT2D eigenvalue weighted by atomic mass is 79.9. The Hall–Kier alpha value is -1.97. The molecule has 1 heterocycles. The van der Waals surface area contributed by atoms with Gasteiger partial charge in [-0.3, -0.25) is 19.8 Å². The van der Waals surface area contributed by atoms with Crippen molar-refractivity contribution in [3.05, 3.63) is 61.5 Å². The van der Waals surface area contributed by atoms with Crippen LogP contribution in [0.5, 0.6) is 0 Å². The molecule has 1 N–H and O–H groups in total. The van der Waals surface area contributed by atoms with Gasteiger partial charge in [-0.2, -0.15) is 0 Å². The second-order valence-corrected chi connectivity index (χ2v) is 7.95. The molecule has 2 aromatic carbocycles. The van der Waals surface area contributed by atoms with Crippen molar-refractivity contribution >= 4 is 54.8 Å². The Bertz CT molecular complexity index is 854. The normalized spacial score (nSPS) is 14.8. The summed E-state index contributed by atoms with van der Waals surface area (Å²) in [5.74, 6) is -0.0860. The van der Waals surface area contributed by atoms with Crippen molar-refractivity contribution in [3.8, 4) is 0 Å². The van der Waals surface area contributed by atoms with Crippen LogP contribution in [0, 0.1) is 10.1 Å². The molecule has 1 fully saturated rings. The molecule has 2 aromatic rings. The first-order valence-corrected chi connectivity index (χ1v) is 9.98. The molecule has 0 atom stereocenters. The Kier molecular flexibility index (Phi) is 6.46. The molecule has 0 aliphatic carbocycles. The number of carbonyl (C=O) groups is 1. The lowest BCUT2D eigenvalue weighted by atomic mass is 10.2. The summed E-state index contributed by atoms with van der Waals surface area (Å²) >= 11 is 6.82. The van der Waals surface area contributed by atoms with Gasteiger partial charge in [0.1, 0.15) is 5.69 Å². The fourth-order valence-corrected chi connectivity index (χ4v) is 4.16. The number of nitrogens with one attached hydrogen (secondary N) is 1. The second-order valence-electron chi connectivity index (χ2n) is 6.18.